The first kappa shape index (κ1) is 10.3. The zero-order valence-corrected chi connectivity index (χ0v) is 9.17. The second-order valence-corrected chi connectivity index (χ2v) is 4.56. The molecule has 2 heterocycles. The van der Waals surface area contributed by atoms with Crippen molar-refractivity contribution in [3.63, 3.8) is 0 Å². The maximum atomic E-state index is 11.6. The highest BCUT2D eigenvalue weighted by Gasteiger charge is 2.40. The molecule has 17 heavy (non-hydrogen) atoms. The van der Waals surface area contributed by atoms with Crippen molar-refractivity contribution in [2.45, 2.75) is 24.7 Å². The number of fused-ring (bicyclic) bond motifs is 1. The number of aromatic amines is 3. The van der Waals surface area contributed by atoms with Gasteiger partial charge in [-0.25, -0.2) is 9.78 Å². The van der Waals surface area contributed by atoms with Gasteiger partial charge >= 0.3 is 5.69 Å². The van der Waals surface area contributed by atoms with Crippen LogP contribution in [0.2, 0.25) is 0 Å². The molecule has 2 aromatic heterocycles. The molecule has 3 rings (SSSR count). The van der Waals surface area contributed by atoms with E-state index in [-0.39, 0.29) is 5.41 Å². The minimum Gasteiger partial charge on any atom is -0.336 e. The predicted octanol–water partition coefficient (Wildman–Crippen LogP) is -0.680. The summed E-state index contributed by atoms with van der Waals surface area (Å²) in [5, 5.41) is 0. The molecule has 0 unspecified atom stereocenters. The highest BCUT2D eigenvalue weighted by Crippen LogP contribution is 2.41. The fourth-order valence-corrected chi connectivity index (χ4v) is 2.32. The lowest BCUT2D eigenvalue weighted by Gasteiger charge is -2.38. The Morgan fingerprint density at radius 2 is 2.00 bits per heavy atom. The SMILES string of the molecule is NCC1(c2nc3[nH]c(=O)[nH]c(=O)c3[nH]2)CCC1. The lowest BCUT2D eigenvalue weighted by Crippen LogP contribution is -2.42. The highest BCUT2D eigenvalue weighted by atomic mass is 16.2. The van der Waals surface area contributed by atoms with E-state index in [1.165, 1.54) is 0 Å². The lowest BCUT2D eigenvalue weighted by atomic mass is 9.68. The number of hydrogen-bond acceptors (Lipinski definition) is 4. The van der Waals surface area contributed by atoms with E-state index in [0.29, 0.717) is 23.5 Å². The molecule has 1 aliphatic carbocycles. The van der Waals surface area contributed by atoms with Crippen LogP contribution in [-0.2, 0) is 5.41 Å². The molecule has 1 saturated carbocycles. The molecule has 7 nitrogen and oxygen atoms in total. The van der Waals surface area contributed by atoms with Gasteiger partial charge in [-0.15, -0.1) is 0 Å². The van der Waals surface area contributed by atoms with E-state index in [1.54, 1.807) is 0 Å². The standard InChI is InChI=1S/C10H13N5O2/c11-4-10(2-1-3-10)8-12-5-6(13-8)14-9(17)15-7(5)16/h1-4,11H2,(H3,12,13,14,15,16,17). The number of rotatable bonds is 2. The normalized spacial score (nSPS) is 18.2. The second-order valence-electron chi connectivity index (χ2n) is 4.56. The van der Waals surface area contributed by atoms with Crippen molar-refractivity contribution in [3.8, 4) is 0 Å². The number of imidazole rings is 1. The van der Waals surface area contributed by atoms with Gasteiger partial charge in [-0.3, -0.25) is 14.8 Å². The third kappa shape index (κ3) is 1.35. The minimum atomic E-state index is -0.545. The molecule has 0 spiro atoms. The molecule has 0 aliphatic heterocycles. The van der Waals surface area contributed by atoms with Crippen LogP contribution in [0.3, 0.4) is 0 Å². The van der Waals surface area contributed by atoms with Gasteiger partial charge < -0.3 is 10.7 Å². The fraction of sp³-hybridized carbons (Fsp3) is 0.500. The summed E-state index contributed by atoms with van der Waals surface area (Å²) < 4.78 is 0. The molecule has 0 atom stereocenters. The van der Waals surface area contributed by atoms with Gasteiger partial charge in [0.2, 0.25) is 0 Å². The maximum Gasteiger partial charge on any atom is 0.327 e. The molecule has 7 heteroatoms. The Balaban J connectivity index is 2.23. The highest BCUT2D eigenvalue weighted by molar-refractivity contribution is 5.69. The number of hydrogen-bond donors (Lipinski definition) is 4. The van der Waals surface area contributed by atoms with Crippen molar-refractivity contribution in [1.82, 2.24) is 19.9 Å². The van der Waals surface area contributed by atoms with Gasteiger partial charge in [0.15, 0.2) is 5.65 Å². The summed E-state index contributed by atoms with van der Waals surface area (Å²) in [6.07, 6.45) is 3.04. The summed E-state index contributed by atoms with van der Waals surface area (Å²) in [4.78, 5) is 34.6. The molecule has 90 valence electrons. The molecule has 0 aromatic carbocycles. The van der Waals surface area contributed by atoms with Gasteiger partial charge in [-0.05, 0) is 12.8 Å². The summed E-state index contributed by atoms with van der Waals surface area (Å²) >= 11 is 0. The first-order valence-electron chi connectivity index (χ1n) is 5.57. The third-order valence-corrected chi connectivity index (χ3v) is 3.59. The quantitative estimate of drug-likeness (QED) is 0.551. The fourth-order valence-electron chi connectivity index (χ4n) is 2.32. The van der Waals surface area contributed by atoms with E-state index in [0.717, 1.165) is 19.3 Å². The second kappa shape index (κ2) is 3.30. The average molecular weight is 235 g/mol. The van der Waals surface area contributed by atoms with Gasteiger partial charge in [0, 0.05) is 12.0 Å². The number of nitrogens with two attached hydrogens (primary N) is 1. The zero-order chi connectivity index (χ0) is 12.0. The van der Waals surface area contributed by atoms with Crippen LogP contribution in [-0.4, -0.2) is 26.5 Å². The van der Waals surface area contributed by atoms with Crippen LogP contribution in [0.4, 0.5) is 0 Å². The Morgan fingerprint density at radius 1 is 1.24 bits per heavy atom. The van der Waals surface area contributed by atoms with Crippen LogP contribution in [0.25, 0.3) is 11.2 Å². The number of H-pyrrole nitrogens is 3. The Morgan fingerprint density at radius 3 is 2.59 bits per heavy atom. The predicted molar refractivity (Wildman–Crippen MR) is 61.9 cm³/mol. The Bertz CT molecular complexity index is 670. The summed E-state index contributed by atoms with van der Waals surface area (Å²) in [5.74, 6) is 0.702. The molecular weight excluding hydrogens is 222 g/mol. The van der Waals surface area contributed by atoms with Crippen molar-refractivity contribution in [2.75, 3.05) is 6.54 Å². The van der Waals surface area contributed by atoms with Crippen LogP contribution >= 0.6 is 0 Å². The van der Waals surface area contributed by atoms with E-state index < -0.39 is 11.2 Å². The first-order chi connectivity index (χ1) is 8.14. The molecule has 1 fully saturated rings. The van der Waals surface area contributed by atoms with Crippen molar-refractivity contribution in [3.05, 3.63) is 26.7 Å². The molecule has 1 aliphatic rings. The molecule has 0 bridgehead atoms. The molecular formula is C10H13N5O2. The van der Waals surface area contributed by atoms with Crippen molar-refractivity contribution in [1.29, 1.82) is 0 Å². The van der Waals surface area contributed by atoms with Gasteiger partial charge in [0.1, 0.15) is 11.3 Å². The molecule has 2 aromatic rings. The average Bonchev–Trinajstić information content (AvgIpc) is 2.61. The monoisotopic (exact) mass is 235 g/mol. The van der Waals surface area contributed by atoms with Crippen LogP contribution in [0.5, 0.6) is 0 Å². The third-order valence-electron chi connectivity index (χ3n) is 3.59. The molecule has 0 radical (unpaired) electrons. The summed E-state index contributed by atoms with van der Waals surface area (Å²) in [6, 6.07) is 0. The topological polar surface area (TPSA) is 120 Å². The summed E-state index contributed by atoms with van der Waals surface area (Å²) in [5.41, 5.74) is 5.23. The smallest absolute Gasteiger partial charge is 0.327 e. The van der Waals surface area contributed by atoms with E-state index >= 15 is 0 Å². The van der Waals surface area contributed by atoms with Crippen molar-refractivity contribution in [2.24, 2.45) is 5.73 Å². The van der Waals surface area contributed by atoms with Gasteiger partial charge in [-0.2, -0.15) is 0 Å². The Labute approximate surface area is 95.5 Å². The number of nitrogens with zero attached hydrogens (tertiary/aromatic N) is 1. The molecule has 5 N–H and O–H groups in total. The summed E-state index contributed by atoms with van der Waals surface area (Å²) in [6.45, 7) is 0.495. The van der Waals surface area contributed by atoms with Crippen LogP contribution in [0, 0.1) is 0 Å². The van der Waals surface area contributed by atoms with Crippen molar-refractivity contribution < 1.29 is 0 Å². The van der Waals surface area contributed by atoms with E-state index in [2.05, 4.69) is 19.9 Å². The molecule has 0 saturated heterocycles. The Hall–Kier alpha value is -1.89. The van der Waals surface area contributed by atoms with E-state index in [4.69, 9.17) is 5.73 Å². The lowest BCUT2D eigenvalue weighted by molar-refractivity contribution is 0.240. The largest absolute Gasteiger partial charge is 0.336 e. The van der Waals surface area contributed by atoms with E-state index in [1.807, 2.05) is 0 Å². The van der Waals surface area contributed by atoms with Crippen molar-refractivity contribution >= 4 is 11.2 Å². The van der Waals surface area contributed by atoms with Gasteiger partial charge in [-0.1, -0.05) is 6.42 Å². The number of aromatic nitrogens is 4. The number of nitrogens with one attached hydrogen (secondary N) is 3. The zero-order valence-electron chi connectivity index (χ0n) is 9.17. The molecule has 0 amide bonds. The maximum absolute atomic E-state index is 11.6. The van der Waals surface area contributed by atoms with Crippen LogP contribution in [0.15, 0.2) is 9.59 Å². The minimum absolute atomic E-state index is 0.150. The first-order valence-corrected chi connectivity index (χ1v) is 5.57. The van der Waals surface area contributed by atoms with E-state index in [9.17, 15) is 9.59 Å². The Kier molecular flexibility index (Phi) is 1.99. The van der Waals surface area contributed by atoms with Crippen LogP contribution < -0.4 is 17.0 Å². The van der Waals surface area contributed by atoms with Crippen LogP contribution in [0.1, 0.15) is 25.1 Å². The summed E-state index contributed by atoms with van der Waals surface area (Å²) in [7, 11) is 0. The van der Waals surface area contributed by atoms with Gasteiger partial charge in [0.25, 0.3) is 5.56 Å². The van der Waals surface area contributed by atoms with Gasteiger partial charge in [0.05, 0.1) is 0 Å².